The van der Waals surface area contributed by atoms with Gasteiger partial charge in [-0.1, -0.05) is 0 Å². The lowest BCUT2D eigenvalue weighted by Gasteiger charge is -2.17. The summed E-state index contributed by atoms with van der Waals surface area (Å²) in [6, 6.07) is 0. The summed E-state index contributed by atoms with van der Waals surface area (Å²) >= 11 is 0. The van der Waals surface area contributed by atoms with Crippen LogP contribution in [0.1, 0.15) is 6.42 Å². The van der Waals surface area contributed by atoms with Gasteiger partial charge in [-0.05, 0) is 0 Å². The molecule has 0 fully saturated rings. The Morgan fingerprint density at radius 2 is 2.67 bits per heavy atom. The Labute approximate surface area is 53.2 Å². The van der Waals surface area contributed by atoms with Crippen LogP contribution in [-0.2, 0) is 9.57 Å². The zero-order valence-corrected chi connectivity index (χ0v) is 5.24. The van der Waals surface area contributed by atoms with E-state index in [1.807, 2.05) is 0 Å². The number of hydrogen-bond donors (Lipinski definition) is 0. The molecule has 0 aromatic rings. The molecule has 0 aromatic carbocycles. The van der Waals surface area contributed by atoms with Gasteiger partial charge in [-0.25, -0.2) is 0 Å². The normalized spacial score (nSPS) is 26.8. The second kappa shape index (κ2) is 2.68. The Bertz CT molecular complexity index is 123. The molecule has 0 amide bonds. The van der Waals surface area contributed by atoms with Crippen LogP contribution in [0.4, 0.5) is 0 Å². The average Bonchev–Trinajstić information content (AvgIpc) is 1.90. The minimum absolute atomic E-state index is 0.0511. The zero-order valence-electron chi connectivity index (χ0n) is 5.24. The number of hydrogen-bond acceptors (Lipinski definition) is 3. The maximum atomic E-state index is 10.3. The first-order valence-corrected chi connectivity index (χ1v) is 2.78. The van der Waals surface area contributed by atoms with Crippen LogP contribution in [0.15, 0.2) is 0 Å². The van der Waals surface area contributed by atoms with Crippen LogP contribution in [0.2, 0.25) is 0 Å². The molecule has 0 aliphatic carbocycles. The van der Waals surface area contributed by atoms with Crippen LogP contribution in [0, 0.1) is 5.21 Å². The highest BCUT2D eigenvalue weighted by molar-refractivity contribution is 5.52. The highest BCUT2D eigenvalue weighted by Crippen LogP contribution is 2.00. The number of methoxy groups -OCH3 is 1. The van der Waals surface area contributed by atoms with Crippen LogP contribution < -0.4 is 0 Å². The van der Waals surface area contributed by atoms with Gasteiger partial charge in [-0.3, -0.25) is 5.21 Å². The fraction of sp³-hybridized carbons (Fsp3) is 0.800. The number of nitrogens with zero attached hydrogens (tertiary/aromatic N) is 1. The molecule has 52 valence electrons. The van der Waals surface area contributed by atoms with E-state index in [4.69, 9.17) is 4.74 Å². The molecule has 0 saturated carbocycles. The highest BCUT2D eigenvalue weighted by Gasteiger charge is 2.12. The lowest BCUT2D eigenvalue weighted by molar-refractivity contribution is -0.745. The first-order valence-electron chi connectivity index (χ1n) is 2.78. The second-order valence-corrected chi connectivity index (χ2v) is 1.86. The quantitative estimate of drug-likeness (QED) is 0.467. The van der Waals surface area contributed by atoms with Crippen molar-refractivity contribution < 1.29 is 14.5 Å². The Hall–Kier alpha value is -0.770. The van der Waals surface area contributed by atoms with Crippen molar-refractivity contribution in [2.24, 2.45) is 0 Å². The van der Waals surface area contributed by atoms with Crippen LogP contribution in [0.5, 0.6) is 0 Å². The van der Waals surface area contributed by atoms with Gasteiger partial charge in [0.1, 0.15) is 0 Å². The van der Waals surface area contributed by atoms with Crippen molar-refractivity contribution in [3.05, 3.63) is 5.21 Å². The van der Waals surface area contributed by atoms with Crippen molar-refractivity contribution in [2.45, 2.75) is 12.5 Å². The van der Waals surface area contributed by atoms with Crippen LogP contribution >= 0.6 is 0 Å². The standard InChI is InChI=1S/C5H9NO3/c1-8-5-2-3-6(7)9-4-5/h3,5H,2,4H2,1H3/t5-/m1/s1. The predicted molar refractivity (Wildman–Crippen MR) is 31.1 cm³/mol. The van der Waals surface area contributed by atoms with E-state index in [1.165, 1.54) is 6.21 Å². The maximum absolute atomic E-state index is 10.3. The lowest BCUT2D eigenvalue weighted by atomic mass is 10.3. The molecule has 0 unspecified atom stereocenters. The fourth-order valence-corrected chi connectivity index (χ4v) is 0.645. The highest BCUT2D eigenvalue weighted by atomic mass is 16.9. The van der Waals surface area contributed by atoms with Crippen molar-refractivity contribution >= 4 is 6.21 Å². The minimum Gasteiger partial charge on any atom is -0.401 e. The molecule has 1 heterocycles. The fourth-order valence-electron chi connectivity index (χ4n) is 0.645. The molecule has 1 rings (SSSR count). The third kappa shape index (κ3) is 1.57. The summed E-state index contributed by atoms with van der Waals surface area (Å²) in [4.78, 5) is 5.05. The molecule has 0 N–H and O–H groups in total. The Kier molecular flexibility index (Phi) is 1.89. The van der Waals surface area contributed by atoms with Crippen LogP contribution in [-0.4, -0.2) is 30.9 Å². The second-order valence-electron chi connectivity index (χ2n) is 1.86. The largest absolute Gasteiger partial charge is 0.401 e. The molecular formula is C5H9NO3. The maximum Gasteiger partial charge on any atom is 0.212 e. The van der Waals surface area contributed by atoms with E-state index in [9.17, 15) is 5.21 Å². The number of ether oxygens (including phenoxy) is 1. The molecule has 0 radical (unpaired) electrons. The first-order chi connectivity index (χ1) is 4.33. The van der Waals surface area contributed by atoms with E-state index >= 15 is 0 Å². The Morgan fingerprint density at radius 1 is 1.89 bits per heavy atom. The molecule has 1 aliphatic rings. The summed E-state index contributed by atoms with van der Waals surface area (Å²) < 4.78 is 4.92. The van der Waals surface area contributed by atoms with Crippen LogP contribution in [0.25, 0.3) is 0 Å². The van der Waals surface area contributed by atoms with Crippen molar-refractivity contribution in [3.63, 3.8) is 0 Å². The molecule has 0 aromatic heterocycles. The summed E-state index contributed by atoms with van der Waals surface area (Å²) in [7, 11) is 1.60. The molecule has 4 nitrogen and oxygen atoms in total. The lowest BCUT2D eigenvalue weighted by Crippen LogP contribution is -2.28. The van der Waals surface area contributed by atoms with E-state index in [-0.39, 0.29) is 6.10 Å². The third-order valence-electron chi connectivity index (χ3n) is 1.24. The SMILES string of the molecule is CO[C@@H]1CC=[N+]([O-])OC1. The van der Waals surface area contributed by atoms with Gasteiger partial charge in [-0.15, -0.1) is 0 Å². The van der Waals surface area contributed by atoms with Gasteiger partial charge in [0.25, 0.3) is 0 Å². The molecular weight excluding hydrogens is 122 g/mol. The molecule has 4 heteroatoms. The van der Waals surface area contributed by atoms with E-state index in [2.05, 4.69) is 4.84 Å². The molecule has 0 bridgehead atoms. The van der Waals surface area contributed by atoms with Gasteiger partial charge in [0.15, 0.2) is 0 Å². The summed E-state index contributed by atoms with van der Waals surface area (Å²) in [5, 5.41) is 10.3. The first kappa shape index (κ1) is 6.35. The van der Waals surface area contributed by atoms with Crippen molar-refractivity contribution in [1.82, 2.24) is 0 Å². The molecule has 0 saturated heterocycles. The summed E-state index contributed by atoms with van der Waals surface area (Å²) in [6.45, 7) is 0.358. The van der Waals surface area contributed by atoms with Crippen molar-refractivity contribution in [2.75, 3.05) is 13.7 Å². The molecule has 1 aliphatic heterocycles. The third-order valence-corrected chi connectivity index (χ3v) is 1.24. The molecule has 1 atom stereocenters. The van der Waals surface area contributed by atoms with E-state index in [0.717, 1.165) is 0 Å². The molecule has 0 spiro atoms. The predicted octanol–water partition coefficient (Wildman–Crippen LogP) is -0.0822. The molecule has 9 heavy (non-hydrogen) atoms. The number of rotatable bonds is 1. The van der Waals surface area contributed by atoms with Gasteiger partial charge in [0.2, 0.25) is 6.21 Å². The van der Waals surface area contributed by atoms with E-state index in [0.29, 0.717) is 17.9 Å². The van der Waals surface area contributed by atoms with Gasteiger partial charge < -0.3 is 9.57 Å². The minimum atomic E-state index is 0.0511. The van der Waals surface area contributed by atoms with E-state index in [1.54, 1.807) is 7.11 Å². The smallest absolute Gasteiger partial charge is 0.212 e. The van der Waals surface area contributed by atoms with Gasteiger partial charge in [0.05, 0.1) is 19.1 Å². The summed E-state index contributed by atoms with van der Waals surface area (Å²) in [5.41, 5.74) is 0. The average molecular weight is 131 g/mol. The van der Waals surface area contributed by atoms with E-state index < -0.39 is 0 Å². The monoisotopic (exact) mass is 131 g/mol. The summed E-state index contributed by atoms with van der Waals surface area (Å²) in [6.07, 6.45) is 2.10. The van der Waals surface area contributed by atoms with Crippen molar-refractivity contribution in [1.29, 1.82) is 0 Å². The van der Waals surface area contributed by atoms with Gasteiger partial charge in [0, 0.05) is 12.0 Å². The topological polar surface area (TPSA) is 44.5 Å². The van der Waals surface area contributed by atoms with Gasteiger partial charge in [-0.2, -0.15) is 0 Å². The Morgan fingerprint density at radius 3 is 3.11 bits per heavy atom. The van der Waals surface area contributed by atoms with Crippen LogP contribution in [0.3, 0.4) is 0 Å². The zero-order chi connectivity index (χ0) is 6.69. The Balaban J connectivity index is 2.36. The van der Waals surface area contributed by atoms with Crippen molar-refractivity contribution in [3.8, 4) is 0 Å². The van der Waals surface area contributed by atoms with Gasteiger partial charge >= 0.3 is 0 Å². The summed E-state index contributed by atoms with van der Waals surface area (Å²) in [5.74, 6) is 0.